The Morgan fingerprint density at radius 2 is 1.75 bits per heavy atom. The minimum atomic E-state index is -0.409. The van der Waals surface area contributed by atoms with E-state index in [0.29, 0.717) is 6.42 Å². The van der Waals surface area contributed by atoms with E-state index in [2.05, 4.69) is 0 Å². The molecule has 0 aliphatic heterocycles. The molecule has 0 radical (unpaired) electrons. The summed E-state index contributed by atoms with van der Waals surface area (Å²) in [5.74, 6) is 1.56. The molecule has 0 amide bonds. The van der Waals surface area contributed by atoms with E-state index >= 15 is 0 Å². The number of aliphatic hydroxyl groups is 1. The molecule has 3 atom stereocenters. The van der Waals surface area contributed by atoms with Gasteiger partial charge in [-0.15, -0.1) is 0 Å². The summed E-state index contributed by atoms with van der Waals surface area (Å²) in [4.78, 5) is 0. The Kier molecular flexibility index (Phi) is 3.31. The van der Waals surface area contributed by atoms with Gasteiger partial charge in [0.1, 0.15) is 23.7 Å². The van der Waals surface area contributed by atoms with Gasteiger partial charge in [-0.3, -0.25) is 0 Å². The second-order valence-corrected chi connectivity index (χ2v) is 3.84. The van der Waals surface area contributed by atoms with Crippen LogP contribution in [0.5, 0.6) is 11.5 Å². The molecule has 2 rings (SSSR count). The van der Waals surface area contributed by atoms with Gasteiger partial charge in [-0.25, -0.2) is 0 Å². The van der Waals surface area contributed by atoms with E-state index in [1.165, 1.54) is 0 Å². The molecule has 0 bridgehead atoms. The number of benzene rings is 1. The zero-order chi connectivity index (χ0) is 11.5. The fourth-order valence-corrected chi connectivity index (χ4v) is 1.81. The zero-order valence-electron chi connectivity index (χ0n) is 9.42. The van der Waals surface area contributed by atoms with Crippen molar-refractivity contribution in [1.29, 1.82) is 0 Å². The molecule has 1 fully saturated rings. The van der Waals surface area contributed by atoms with Crippen molar-refractivity contribution >= 4 is 0 Å². The Bertz CT molecular complexity index is 335. The molecule has 4 nitrogen and oxygen atoms in total. The lowest BCUT2D eigenvalue weighted by molar-refractivity contribution is -0.149. The summed E-state index contributed by atoms with van der Waals surface area (Å²) in [6.45, 7) is 0. The van der Waals surface area contributed by atoms with Crippen LogP contribution in [0.4, 0.5) is 0 Å². The van der Waals surface area contributed by atoms with Gasteiger partial charge in [-0.05, 0) is 24.3 Å². The Hall–Kier alpha value is -1.26. The van der Waals surface area contributed by atoms with Crippen molar-refractivity contribution < 1.29 is 19.3 Å². The molecule has 1 N–H and O–H groups in total. The van der Waals surface area contributed by atoms with Gasteiger partial charge >= 0.3 is 0 Å². The summed E-state index contributed by atoms with van der Waals surface area (Å²) in [7, 11) is 3.20. The smallest absolute Gasteiger partial charge is 0.130 e. The van der Waals surface area contributed by atoms with Crippen molar-refractivity contribution in [2.45, 2.75) is 24.7 Å². The summed E-state index contributed by atoms with van der Waals surface area (Å²) in [6.07, 6.45) is -0.0754. The molecule has 0 heterocycles. The third-order valence-corrected chi connectivity index (χ3v) is 2.84. The van der Waals surface area contributed by atoms with E-state index in [9.17, 15) is 5.11 Å². The first kappa shape index (κ1) is 11.2. The van der Waals surface area contributed by atoms with Crippen LogP contribution in [0.15, 0.2) is 24.3 Å². The zero-order valence-corrected chi connectivity index (χ0v) is 9.42. The van der Waals surface area contributed by atoms with Gasteiger partial charge in [-0.1, -0.05) is 0 Å². The fourth-order valence-electron chi connectivity index (χ4n) is 1.81. The number of rotatable bonds is 4. The molecule has 0 spiro atoms. The molecule has 3 unspecified atom stereocenters. The Labute approximate surface area is 94.8 Å². The lowest BCUT2D eigenvalue weighted by Crippen LogP contribution is -2.54. The molecular weight excluding hydrogens is 208 g/mol. The average molecular weight is 224 g/mol. The Balaban J connectivity index is 1.94. The van der Waals surface area contributed by atoms with Gasteiger partial charge in [0.2, 0.25) is 0 Å². The van der Waals surface area contributed by atoms with Gasteiger partial charge in [-0.2, -0.15) is 0 Å². The van der Waals surface area contributed by atoms with Crippen LogP contribution in [-0.2, 0) is 4.74 Å². The Morgan fingerprint density at radius 3 is 2.25 bits per heavy atom. The first-order valence-electron chi connectivity index (χ1n) is 5.26. The van der Waals surface area contributed by atoms with Crippen LogP contribution in [-0.4, -0.2) is 37.6 Å². The first-order valence-corrected chi connectivity index (χ1v) is 5.26. The summed E-state index contributed by atoms with van der Waals surface area (Å²) in [5, 5.41) is 9.41. The van der Waals surface area contributed by atoms with E-state index in [4.69, 9.17) is 14.2 Å². The van der Waals surface area contributed by atoms with Crippen LogP contribution in [0, 0.1) is 0 Å². The minimum absolute atomic E-state index is 0.0617. The van der Waals surface area contributed by atoms with E-state index in [1.54, 1.807) is 14.2 Å². The largest absolute Gasteiger partial charge is 0.497 e. The van der Waals surface area contributed by atoms with Crippen molar-refractivity contribution in [3.8, 4) is 11.5 Å². The monoisotopic (exact) mass is 224 g/mol. The second kappa shape index (κ2) is 4.72. The molecule has 4 heteroatoms. The van der Waals surface area contributed by atoms with Crippen LogP contribution in [0.2, 0.25) is 0 Å². The van der Waals surface area contributed by atoms with Crippen LogP contribution < -0.4 is 9.47 Å². The molecule has 88 valence electrons. The lowest BCUT2D eigenvalue weighted by Gasteiger charge is -2.39. The molecule has 0 saturated heterocycles. The van der Waals surface area contributed by atoms with Gasteiger partial charge < -0.3 is 19.3 Å². The van der Waals surface area contributed by atoms with Gasteiger partial charge in [0.05, 0.1) is 13.2 Å². The van der Waals surface area contributed by atoms with Gasteiger partial charge in [0.25, 0.3) is 0 Å². The molecule has 1 aliphatic rings. The van der Waals surface area contributed by atoms with Crippen molar-refractivity contribution in [1.82, 2.24) is 0 Å². The fraction of sp³-hybridized carbons (Fsp3) is 0.500. The SMILES string of the molecule is COc1ccc(OC2CC(O)C2OC)cc1. The highest BCUT2D eigenvalue weighted by atomic mass is 16.6. The third-order valence-electron chi connectivity index (χ3n) is 2.84. The van der Waals surface area contributed by atoms with Crippen LogP contribution in [0.3, 0.4) is 0 Å². The van der Waals surface area contributed by atoms with Gasteiger partial charge in [0, 0.05) is 13.5 Å². The van der Waals surface area contributed by atoms with E-state index < -0.39 is 6.10 Å². The summed E-state index contributed by atoms with van der Waals surface area (Å²) < 4.78 is 15.9. The second-order valence-electron chi connectivity index (χ2n) is 3.84. The average Bonchev–Trinajstić information content (AvgIpc) is 2.30. The van der Waals surface area contributed by atoms with E-state index in [1.807, 2.05) is 24.3 Å². The maximum absolute atomic E-state index is 9.41. The van der Waals surface area contributed by atoms with E-state index in [-0.39, 0.29) is 12.2 Å². The molecule has 1 aliphatic carbocycles. The maximum atomic E-state index is 9.41. The molecule has 1 saturated carbocycles. The molecule has 0 aromatic heterocycles. The number of ether oxygens (including phenoxy) is 3. The Morgan fingerprint density at radius 1 is 1.12 bits per heavy atom. The number of aliphatic hydroxyl groups excluding tert-OH is 1. The number of hydrogen-bond donors (Lipinski definition) is 1. The highest BCUT2D eigenvalue weighted by Gasteiger charge is 2.42. The minimum Gasteiger partial charge on any atom is -0.497 e. The van der Waals surface area contributed by atoms with Crippen molar-refractivity contribution in [3.05, 3.63) is 24.3 Å². The molecule has 16 heavy (non-hydrogen) atoms. The normalized spacial score (nSPS) is 28.3. The van der Waals surface area contributed by atoms with Gasteiger partial charge in [0.15, 0.2) is 0 Å². The third kappa shape index (κ3) is 2.13. The number of methoxy groups -OCH3 is 2. The predicted octanol–water partition coefficient (Wildman–Crippen LogP) is 1.22. The summed E-state index contributed by atoms with van der Waals surface area (Å²) in [5.41, 5.74) is 0. The summed E-state index contributed by atoms with van der Waals surface area (Å²) in [6, 6.07) is 7.37. The topological polar surface area (TPSA) is 47.9 Å². The summed E-state index contributed by atoms with van der Waals surface area (Å²) >= 11 is 0. The first-order chi connectivity index (χ1) is 7.74. The van der Waals surface area contributed by atoms with Crippen LogP contribution >= 0.6 is 0 Å². The standard InChI is InChI=1S/C12H16O4/c1-14-8-3-5-9(6-4-8)16-11-7-10(13)12(11)15-2/h3-6,10-13H,7H2,1-2H3. The molecular formula is C12H16O4. The van der Waals surface area contributed by atoms with E-state index in [0.717, 1.165) is 11.5 Å². The highest BCUT2D eigenvalue weighted by molar-refractivity contribution is 5.31. The highest BCUT2D eigenvalue weighted by Crippen LogP contribution is 2.29. The van der Waals surface area contributed by atoms with Crippen molar-refractivity contribution in [2.24, 2.45) is 0 Å². The maximum Gasteiger partial charge on any atom is 0.130 e. The van der Waals surface area contributed by atoms with Crippen molar-refractivity contribution in [3.63, 3.8) is 0 Å². The molecule has 1 aromatic rings. The van der Waals surface area contributed by atoms with Crippen LogP contribution in [0.25, 0.3) is 0 Å². The van der Waals surface area contributed by atoms with Crippen LogP contribution in [0.1, 0.15) is 6.42 Å². The van der Waals surface area contributed by atoms with Crippen molar-refractivity contribution in [2.75, 3.05) is 14.2 Å². The molecule has 1 aromatic carbocycles. The lowest BCUT2D eigenvalue weighted by atomic mass is 9.88. The number of hydrogen-bond acceptors (Lipinski definition) is 4. The predicted molar refractivity (Wildman–Crippen MR) is 58.8 cm³/mol. The quantitative estimate of drug-likeness (QED) is 0.835.